The molecule has 6 heteroatoms. The molecule has 0 saturated heterocycles. The summed E-state index contributed by atoms with van der Waals surface area (Å²) in [6, 6.07) is 60.0. The van der Waals surface area contributed by atoms with Gasteiger partial charge in [0.15, 0.2) is 0 Å². The van der Waals surface area contributed by atoms with Gasteiger partial charge in [-0.15, -0.1) is 0 Å². The molecule has 0 aliphatic heterocycles. The van der Waals surface area contributed by atoms with Crippen molar-refractivity contribution >= 4 is 0 Å². The predicted molar refractivity (Wildman–Crippen MR) is 143 cm³/mol. The van der Waals surface area contributed by atoms with Crippen LogP contribution < -0.4 is 0 Å². The van der Waals surface area contributed by atoms with Gasteiger partial charge >= 0.3 is 0 Å². The minimum atomic E-state index is 0. The molecule has 0 heterocycles. The van der Waals surface area contributed by atoms with E-state index in [-0.39, 0.29) is 94.0 Å². The first-order valence-electron chi connectivity index (χ1n) is 10.0. The second-order valence-corrected chi connectivity index (χ2v) is 5.77. The third kappa shape index (κ3) is 39.8. The first-order valence-corrected chi connectivity index (χ1v) is 10.0. The maximum Gasteiger partial charge on any atom is 0 e. The van der Waals surface area contributed by atoms with Gasteiger partial charge in [0, 0.05) is 77.5 Å². The molecule has 0 spiro atoms. The first kappa shape index (κ1) is 47.7. The third-order valence-electron chi connectivity index (χ3n) is 3.33. The zero-order valence-corrected chi connectivity index (χ0v) is 31.1. The minimum absolute atomic E-state index is 0. The Bertz CT molecular complexity index is 572. The summed E-state index contributed by atoms with van der Waals surface area (Å²) >= 11 is 0. The van der Waals surface area contributed by atoms with E-state index >= 15 is 0 Å². The standard InChI is InChI=1S/6C5H5.3Hf.3H2O/c6*1-2-4-5-3-1;;;;;;/h6*1-5H;;;;3*1H2/q-5;5*-1;;;;;;. The molecule has 0 fully saturated rings. The van der Waals surface area contributed by atoms with Crippen molar-refractivity contribution in [2.45, 2.75) is 0 Å². The summed E-state index contributed by atoms with van der Waals surface area (Å²) in [6.45, 7) is 0. The Labute approximate surface area is 273 Å². The molecule has 0 saturated carbocycles. The van der Waals surface area contributed by atoms with Crippen molar-refractivity contribution < 1.29 is 94.0 Å². The summed E-state index contributed by atoms with van der Waals surface area (Å²) in [5.74, 6) is 0. The Morgan fingerprint density at radius 1 is 0.222 bits per heavy atom. The van der Waals surface area contributed by atoms with E-state index in [0.29, 0.717) is 0 Å². The van der Waals surface area contributed by atoms with Crippen LogP contribution in [0.15, 0.2) is 182 Å². The molecule has 6 aromatic rings. The largest absolute Gasteiger partial charge is 0.748 e. The summed E-state index contributed by atoms with van der Waals surface area (Å²) in [5, 5.41) is 0. The molecule has 0 aliphatic rings. The van der Waals surface area contributed by atoms with E-state index in [0.717, 1.165) is 0 Å². The second kappa shape index (κ2) is 43.6. The summed E-state index contributed by atoms with van der Waals surface area (Å²) in [4.78, 5) is 0. The average molecular weight is 980 g/mol. The molecule has 36 heavy (non-hydrogen) atoms. The van der Waals surface area contributed by atoms with Gasteiger partial charge in [0.1, 0.15) is 0 Å². The van der Waals surface area contributed by atoms with Crippen molar-refractivity contribution in [2.24, 2.45) is 0 Å². The fourth-order valence-corrected chi connectivity index (χ4v) is 1.92. The van der Waals surface area contributed by atoms with Crippen LogP contribution >= 0.6 is 0 Å². The minimum Gasteiger partial charge on any atom is -0.748 e. The topological polar surface area (TPSA) is 94.5 Å². The quantitative estimate of drug-likeness (QED) is 0.133. The molecule has 0 radical (unpaired) electrons. The summed E-state index contributed by atoms with van der Waals surface area (Å²) in [6.07, 6.45) is 0. The third-order valence-corrected chi connectivity index (χ3v) is 3.33. The van der Waals surface area contributed by atoms with Gasteiger partial charge in [-0.1, -0.05) is 0 Å². The van der Waals surface area contributed by atoms with Crippen molar-refractivity contribution in [2.75, 3.05) is 0 Å². The van der Waals surface area contributed by atoms with Gasteiger partial charge < -0.3 is 46.8 Å². The van der Waals surface area contributed by atoms with Crippen LogP contribution in [0.25, 0.3) is 0 Å². The smallest absolute Gasteiger partial charge is 0 e. The molecule has 6 aromatic carbocycles. The van der Waals surface area contributed by atoms with Crippen LogP contribution in [-0.4, -0.2) is 16.4 Å². The fraction of sp³-hybridized carbons (Fsp3) is 0. The summed E-state index contributed by atoms with van der Waals surface area (Å²) in [7, 11) is 0. The predicted octanol–water partition coefficient (Wildman–Crippen LogP) is 5.95. The Hall–Kier alpha value is -1.41. The van der Waals surface area contributed by atoms with Gasteiger partial charge in [-0.05, 0) is 0 Å². The van der Waals surface area contributed by atoms with Crippen LogP contribution in [0.1, 0.15) is 0 Å². The van der Waals surface area contributed by atoms with E-state index < -0.39 is 0 Å². The molecule has 3 nitrogen and oxygen atoms in total. The van der Waals surface area contributed by atoms with E-state index in [2.05, 4.69) is 0 Å². The number of rotatable bonds is 0. The van der Waals surface area contributed by atoms with Crippen molar-refractivity contribution in [3.8, 4) is 0 Å². The van der Waals surface area contributed by atoms with Crippen molar-refractivity contribution in [1.29, 1.82) is 0 Å². The van der Waals surface area contributed by atoms with Crippen LogP contribution in [0.2, 0.25) is 0 Å². The molecule has 6 rings (SSSR count). The Kier molecular flexibility index (Phi) is 57.9. The molecule has 0 amide bonds. The number of hydrogen-bond acceptors (Lipinski definition) is 0. The molecule has 6 N–H and O–H groups in total. The molecular formula is C30H36Hf3O3-10. The van der Waals surface area contributed by atoms with E-state index in [1.807, 2.05) is 182 Å². The van der Waals surface area contributed by atoms with Gasteiger partial charge in [0.25, 0.3) is 0 Å². The van der Waals surface area contributed by atoms with E-state index in [4.69, 9.17) is 0 Å². The zero-order valence-electron chi connectivity index (χ0n) is 20.3. The molecule has 0 bridgehead atoms. The van der Waals surface area contributed by atoms with Crippen LogP contribution in [0.3, 0.4) is 0 Å². The SMILES string of the molecule is O.O.O.[Hf].[Hf].[Hf].[cH-]1[cH-][cH-][cH-][cH-]1.c1cc[cH-]c1.c1cc[cH-]c1.c1cc[cH-]c1.c1cc[cH-]c1.c1cc[cH-]c1. The second-order valence-electron chi connectivity index (χ2n) is 5.77. The fourth-order valence-electron chi connectivity index (χ4n) is 1.92. The van der Waals surface area contributed by atoms with Crippen LogP contribution in [0, 0.1) is 0 Å². The van der Waals surface area contributed by atoms with Crippen LogP contribution in [0.5, 0.6) is 0 Å². The molecule has 0 atom stereocenters. The summed E-state index contributed by atoms with van der Waals surface area (Å²) in [5.41, 5.74) is 0. The van der Waals surface area contributed by atoms with Crippen LogP contribution in [0.4, 0.5) is 0 Å². The van der Waals surface area contributed by atoms with Gasteiger partial charge in [-0.25, -0.2) is 60.7 Å². The van der Waals surface area contributed by atoms with Crippen molar-refractivity contribution in [3.05, 3.63) is 182 Å². The van der Waals surface area contributed by atoms with Gasteiger partial charge in [-0.3, -0.25) is 0 Å². The first-order chi connectivity index (χ1) is 15.0. The van der Waals surface area contributed by atoms with E-state index in [1.165, 1.54) is 0 Å². The van der Waals surface area contributed by atoms with E-state index in [9.17, 15) is 0 Å². The normalized spacial score (nSPS) is 6.67. The maximum absolute atomic E-state index is 2.00. The maximum atomic E-state index is 2.00. The monoisotopic (exact) mass is 984 g/mol. The zero-order chi connectivity index (χ0) is 21.2. The molecular weight excluding hydrogens is 944 g/mol. The van der Waals surface area contributed by atoms with E-state index in [1.54, 1.807) is 0 Å². The van der Waals surface area contributed by atoms with Crippen LogP contribution in [-0.2, 0) is 77.5 Å². The average Bonchev–Trinajstić information content (AvgIpc) is 3.69. The van der Waals surface area contributed by atoms with Crippen molar-refractivity contribution in [3.63, 3.8) is 0 Å². The van der Waals surface area contributed by atoms with Gasteiger partial charge in [-0.2, -0.15) is 91.0 Å². The van der Waals surface area contributed by atoms with Crippen molar-refractivity contribution in [1.82, 2.24) is 0 Å². The Balaban J connectivity index is -0.0000000726. The molecule has 196 valence electrons. The number of hydrogen-bond donors (Lipinski definition) is 0. The Morgan fingerprint density at radius 2 is 0.333 bits per heavy atom. The van der Waals surface area contributed by atoms with Gasteiger partial charge in [0.2, 0.25) is 0 Å². The Morgan fingerprint density at radius 3 is 0.389 bits per heavy atom. The molecule has 0 aliphatic carbocycles. The summed E-state index contributed by atoms with van der Waals surface area (Å²) < 4.78 is 0. The van der Waals surface area contributed by atoms with Gasteiger partial charge in [0.05, 0.1) is 0 Å². The molecule has 0 aromatic heterocycles. The molecule has 0 unspecified atom stereocenters.